The third-order valence-electron chi connectivity index (χ3n) is 5.00. The normalized spacial score (nSPS) is 15.4. The molecule has 5 heteroatoms. The van der Waals surface area contributed by atoms with Crippen molar-refractivity contribution in [3.8, 4) is 0 Å². The number of rotatable bonds is 4. The van der Waals surface area contributed by atoms with Crippen LogP contribution >= 0.6 is 0 Å². The van der Waals surface area contributed by atoms with Gasteiger partial charge in [-0.3, -0.25) is 15.0 Å². The van der Waals surface area contributed by atoms with Gasteiger partial charge in [0.1, 0.15) is 5.57 Å². The van der Waals surface area contributed by atoms with Crippen LogP contribution in [0.5, 0.6) is 0 Å². The van der Waals surface area contributed by atoms with Crippen molar-refractivity contribution in [3.63, 3.8) is 0 Å². The Morgan fingerprint density at radius 3 is 2.25 bits per heavy atom. The average Bonchev–Trinajstić information content (AvgIpc) is 3.14. The Hall–Kier alpha value is -3.60. The summed E-state index contributed by atoms with van der Waals surface area (Å²) in [7, 11) is 0. The summed E-state index contributed by atoms with van der Waals surface area (Å²) < 4.78 is 2.19. The lowest BCUT2D eigenvalue weighted by molar-refractivity contribution is -0.117. The molecule has 1 aliphatic rings. The van der Waals surface area contributed by atoms with Crippen LogP contribution in [0, 0.1) is 13.8 Å². The van der Waals surface area contributed by atoms with Crippen LogP contribution in [0.3, 0.4) is 0 Å². The molecule has 1 aromatic heterocycles. The molecule has 2 aromatic carbocycles. The van der Waals surface area contributed by atoms with Crippen molar-refractivity contribution in [2.45, 2.75) is 20.4 Å². The first-order valence-electron chi connectivity index (χ1n) is 9.17. The number of carbonyl (C=O) groups is 2. The number of anilines is 1. The smallest absolute Gasteiger partial charge is 0.282 e. The molecular weight excluding hydrogens is 350 g/mol. The van der Waals surface area contributed by atoms with Crippen LogP contribution in [0.25, 0.3) is 6.08 Å². The van der Waals surface area contributed by atoms with Gasteiger partial charge >= 0.3 is 0 Å². The van der Waals surface area contributed by atoms with Gasteiger partial charge in [0.2, 0.25) is 0 Å². The molecule has 28 heavy (non-hydrogen) atoms. The molecule has 1 fully saturated rings. The van der Waals surface area contributed by atoms with Crippen molar-refractivity contribution < 1.29 is 9.59 Å². The summed E-state index contributed by atoms with van der Waals surface area (Å²) >= 11 is 0. The molecule has 0 bridgehead atoms. The quantitative estimate of drug-likeness (QED) is 0.563. The van der Waals surface area contributed by atoms with Crippen molar-refractivity contribution in [1.82, 2.24) is 9.99 Å². The van der Waals surface area contributed by atoms with E-state index in [-0.39, 0.29) is 17.4 Å². The SMILES string of the molecule is Cc1cc(/C=C2/C(=O)NN(c3ccccc3)C2=O)c(C)n1Cc1ccccc1. The second-order valence-electron chi connectivity index (χ2n) is 6.87. The zero-order valence-corrected chi connectivity index (χ0v) is 15.8. The maximum atomic E-state index is 12.8. The van der Waals surface area contributed by atoms with E-state index in [0.717, 1.165) is 23.5 Å². The molecule has 1 saturated heterocycles. The van der Waals surface area contributed by atoms with Crippen LogP contribution in [0.15, 0.2) is 72.3 Å². The molecule has 0 radical (unpaired) electrons. The van der Waals surface area contributed by atoms with Crippen LogP contribution in [-0.4, -0.2) is 16.4 Å². The first-order chi connectivity index (χ1) is 13.5. The van der Waals surface area contributed by atoms with Gasteiger partial charge in [0, 0.05) is 17.9 Å². The molecule has 0 aliphatic carbocycles. The molecule has 1 aliphatic heterocycles. The molecule has 140 valence electrons. The average molecular weight is 371 g/mol. The number of para-hydroxylation sites is 1. The molecule has 2 amide bonds. The predicted molar refractivity (Wildman–Crippen MR) is 109 cm³/mol. The number of nitrogens with one attached hydrogen (secondary N) is 1. The van der Waals surface area contributed by atoms with Gasteiger partial charge in [-0.05, 0) is 49.2 Å². The van der Waals surface area contributed by atoms with Gasteiger partial charge < -0.3 is 4.57 Å². The van der Waals surface area contributed by atoms with E-state index in [4.69, 9.17) is 0 Å². The highest BCUT2D eigenvalue weighted by Gasteiger charge is 2.34. The Labute approximate surface area is 163 Å². The number of hydrogen-bond acceptors (Lipinski definition) is 2. The molecule has 1 N–H and O–H groups in total. The van der Waals surface area contributed by atoms with Gasteiger partial charge in [0.25, 0.3) is 11.8 Å². The van der Waals surface area contributed by atoms with E-state index in [1.54, 1.807) is 18.2 Å². The molecule has 3 aromatic rings. The Morgan fingerprint density at radius 2 is 1.57 bits per heavy atom. The summed E-state index contributed by atoms with van der Waals surface area (Å²) in [6, 6.07) is 21.3. The first-order valence-corrected chi connectivity index (χ1v) is 9.17. The van der Waals surface area contributed by atoms with Gasteiger partial charge in [0.05, 0.1) is 5.69 Å². The fraction of sp³-hybridized carbons (Fsp3) is 0.130. The minimum atomic E-state index is -0.387. The van der Waals surface area contributed by atoms with Gasteiger partial charge in [0.15, 0.2) is 0 Å². The topological polar surface area (TPSA) is 54.3 Å². The molecule has 0 unspecified atom stereocenters. The number of amides is 2. The number of aryl methyl sites for hydroxylation is 1. The van der Waals surface area contributed by atoms with Crippen LogP contribution < -0.4 is 10.4 Å². The van der Waals surface area contributed by atoms with E-state index in [9.17, 15) is 9.59 Å². The van der Waals surface area contributed by atoms with E-state index < -0.39 is 0 Å². The number of aromatic nitrogens is 1. The van der Waals surface area contributed by atoms with Crippen LogP contribution in [0.1, 0.15) is 22.5 Å². The van der Waals surface area contributed by atoms with Crippen LogP contribution in [-0.2, 0) is 16.1 Å². The summed E-state index contributed by atoms with van der Waals surface area (Å²) in [4.78, 5) is 25.2. The Balaban J connectivity index is 1.65. The number of benzene rings is 2. The van der Waals surface area contributed by atoms with Crippen molar-refractivity contribution in [2.24, 2.45) is 0 Å². The molecule has 5 nitrogen and oxygen atoms in total. The van der Waals surface area contributed by atoms with Gasteiger partial charge in [-0.25, -0.2) is 5.01 Å². The lowest BCUT2D eigenvalue weighted by Crippen LogP contribution is -2.35. The Bertz CT molecular complexity index is 1070. The minimum Gasteiger partial charge on any atom is -0.344 e. The monoisotopic (exact) mass is 371 g/mol. The van der Waals surface area contributed by atoms with Crippen molar-refractivity contribution in [1.29, 1.82) is 0 Å². The number of hydrogen-bond donors (Lipinski definition) is 1. The molecule has 0 atom stereocenters. The lowest BCUT2D eigenvalue weighted by atomic mass is 10.1. The van der Waals surface area contributed by atoms with Gasteiger partial charge in [-0.15, -0.1) is 0 Å². The van der Waals surface area contributed by atoms with Gasteiger partial charge in [-0.2, -0.15) is 0 Å². The van der Waals surface area contributed by atoms with E-state index in [1.807, 2.05) is 56.3 Å². The van der Waals surface area contributed by atoms with E-state index in [1.165, 1.54) is 10.6 Å². The minimum absolute atomic E-state index is 0.142. The van der Waals surface area contributed by atoms with Crippen molar-refractivity contribution >= 4 is 23.6 Å². The molecule has 0 saturated carbocycles. The van der Waals surface area contributed by atoms with Crippen LogP contribution in [0.4, 0.5) is 5.69 Å². The first kappa shape index (κ1) is 17.8. The van der Waals surface area contributed by atoms with Gasteiger partial charge in [-0.1, -0.05) is 48.5 Å². The summed E-state index contributed by atoms with van der Waals surface area (Å²) in [6.45, 7) is 4.79. The highest BCUT2D eigenvalue weighted by Crippen LogP contribution is 2.24. The molecule has 4 rings (SSSR count). The standard InChI is InChI=1S/C23H21N3O2/c1-16-13-19(17(2)25(16)15-18-9-5-3-6-10-18)14-21-22(27)24-26(23(21)28)20-11-7-4-8-12-20/h3-14H,15H2,1-2H3,(H,24,27)/b21-14-. The molecule has 0 spiro atoms. The fourth-order valence-electron chi connectivity index (χ4n) is 3.45. The molecule has 2 heterocycles. The fourth-order valence-corrected chi connectivity index (χ4v) is 3.45. The Morgan fingerprint density at radius 1 is 0.929 bits per heavy atom. The molecular formula is C23H21N3O2. The summed E-state index contributed by atoms with van der Waals surface area (Å²) in [6.07, 6.45) is 1.68. The van der Waals surface area contributed by atoms with Crippen LogP contribution in [0.2, 0.25) is 0 Å². The van der Waals surface area contributed by atoms with E-state index in [2.05, 4.69) is 22.1 Å². The zero-order valence-electron chi connectivity index (χ0n) is 15.8. The zero-order chi connectivity index (χ0) is 19.7. The highest BCUT2D eigenvalue weighted by molar-refractivity contribution is 6.31. The maximum absolute atomic E-state index is 12.8. The number of nitrogens with zero attached hydrogens (tertiary/aromatic N) is 2. The maximum Gasteiger partial charge on any atom is 0.282 e. The lowest BCUT2D eigenvalue weighted by Gasteiger charge is -2.13. The summed E-state index contributed by atoms with van der Waals surface area (Å²) in [5.74, 6) is -0.731. The van der Waals surface area contributed by atoms with E-state index >= 15 is 0 Å². The Kier molecular flexibility index (Phi) is 4.57. The summed E-state index contributed by atoms with van der Waals surface area (Å²) in [5.41, 5.74) is 7.60. The second kappa shape index (κ2) is 7.19. The van der Waals surface area contributed by atoms with Crippen molar-refractivity contribution in [2.75, 3.05) is 5.01 Å². The van der Waals surface area contributed by atoms with E-state index in [0.29, 0.717) is 5.69 Å². The third-order valence-corrected chi connectivity index (χ3v) is 5.00. The second-order valence-corrected chi connectivity index (χ2v) is 6.87. The predicted octanol–water partition coefficient (Wildman–Crippen LogP) is 3.61. The van der Waals surface area contributed by atoms with Crippen molar-refractivity contribution in [3.05, 3.63) is 94.8 Å². The highest BCUT2D eigenvalue weighted by atomic mass is 16.2. The number of carbonyl (C=O) groups excluding carboxylic acids is 2. The third kappa shape index (κ3) is 3.22. The number of hydrazine groups is 1. The summed E-state index contributed by atoms with van der Waals surface area (Å²) in [5, 5.41) is 1.29. The largest absolute Gasteiger partial charge is 0.344 e.